The lowest BCUT2D eigenvalue weighted by Gasteiger charge is -2.35. The van der Waals surface area contributed by atoms with E-state index in [9.17, 15) is 0 Å². The summed E-state index contributed by atoms with van der Waals surface area (Å²) in [6.45, 7) is 4.66. The third-order valence-corrected chi connectivity index (χ3v) is 4.09. The highest BCUT2D eigenvalue weighted by atomic mass is 15.2. The SMILES string of the molecule is CNCC(c1ccccc1)N1CCCCCC1C. The van der Waals surface area contributed by atoms with Crippen LogP contribution in [0.15, 0.2) is 30.3 Å². The van der Waals surface area contributed by atoms with Crippen LogP contribution in [0.4, 0.5) is 0 Å². The molecule has 1 aromatic carbocycles. The van der Waals surface area contributed by atoms with Gasteiger partial charge in [-0.05, 0) is 38.9 Å². The highest BCUT2D eigenvalue weighted by Crippen LogP contribution is 2.27. The Hall–Kier alpha value is -0.860. The van der Waals surface area contributed by atoms with E-state index >= 15 is 0 Å². The predicted molar refractivity (Wildman–Crippen MR) is 77.7 cm³/mol. The second kappa shape index (κ2) is 6.91. The molecule has 0 aliphatic carbocycles. The number of likely N-dealkylation sites (N-methyl/N-ethyl adjacent to an activating group) is 1. The third-order valence-electron chi connectivity index (χ3n) is 4.09. The summed E-state index contributed by atoms with van der Waals surface area (Å²) in [5.74, 6) is 0. The van der Waals surface area contributed by atoms with Gasteiger partial charge in [0.2, 0.25) is 0 Å². The van der Waals surface area contributed by atoms with Crippen molar-refractivity contribution in [2.24, 2.45) is 0 Å². The van der Waals surface area contributed by atoms with Crippen LogP contribution in [0.25, 0.3) is 0 Å². The molecule has 2 unspecified atom stereocenters. The maximum absolute atomic E-state index is 3.36. The van der Waals surface area contributed by atoms with Gasteiger partial charge in [-0.1, -0.05) is 43.2 Å². The van der Waals surface area contributed by atoms with Gasteiger partial charge >= 0.3 is 0 Å². The molecule has 2 atom stereocenters. The Labute approximate surface area is 111 Å². The third kappa shape index (κ3) is 3.33. The number of nitrogens with zero attached hydrogens (tertiary/aromatic N) is 1. The van der Waals surface area contributed by atoms with E-state index in [4.69, 9.17) is 0 Å². The van der Waals surface area contributed by atoms with E-state index < -0.39 is 0 Å². The zero-order chi connectivity index (χ0) is 12.8. The summed E-state index contributed by atoms with van der Waals surface area (Å²) in [6.07, 6.45) is 5.46. The Kier molecular flexibility index (Phi) is 5.21. The molecule has 0 spiro atoms. The van der Waals surface area contributed by atoms with Gasteiger partial charge in [-0.25, -0.2) is 0 Å². The van der Waals surface area contributed by atoms with Gasteiger partial charge in [0, 0.05) is 18.6 Å². The summed E-state index contributed by atoms with van der Waals surface area (Å²) >= 11 is 0. The molecule has 18 heavy (non-hydrogen) atoms. The molecule has 1 aromatic rings. The number of benzene rings is 1. The normalized spacial score (nSPS) is 23.6. The van der Waals surface area contributed by atoms with Gasteiger partial charge in [0.25, 0.3) is 0 Å². The summed E-state index contributed by atoms with van der Waals surface area (Å²) < 4.78 is 0. The fourth-order valence-corrected chi connectivity index (χ4v) is 3.06. The maximum Gasteiger partial charge on any atom is 0.0475 e. The van der Waals surface area contributed by atoms with Crippen LogP contribution in [0.5, 0.6) is 0 Å². The van der Waals surface area contributed by atoms with Crippen LogP contribution in [0, 0.1) is 0 Å². The Bertz CT molecular complexity index is 336. The van der Waals surface area contributed by atoms with E-state index in [1.54, 1.807) is 0 Å². The first-order valence-electron chi connectivity index (χ1n) is 7.28. The van der Waals surface area contributed by atoms with Crippen molar-refractivity contribution in [1.29, 1.82) is 0 Å². The number of likely N-dealkylation sites (tertiary alicyclic amines) is 1. The standard InChI is InChI=1S/C16H26N2/c1-14-9-5-4-8-12-18(14)16(13-17-2)15-10-6-3-7-11-15/h3,6-7,10-11,14,16-17H,4-5,8-9,12-13H2,1-2H3. The van der Waals surface area contributed by atoms with Crippen molar-refractivity contribution in [3.8, 4) is 0 Å². The van der Waals surface area contributed by atoms with Crippen molar-refractivity contribution < 1.29 is 0 Å². The molecular formula is C16H26N2. The Morgan fingerprint density at radius 2 is 2.00 bits per heavy atom. The van der Waals surface area contributed by atoms with Crippen molar-refractivity contribution in [3.63, 3.8) is 0 Å². The Morgan fingerprint density at radius 1 is 1.22 bits per heavy atom. The van der Waals surface area contributed by atoms with Gasteiger partial charge in [-0.2, -0.15) is 0 Å². The fraction of sp³-hybridized carbons (Fsp3) is 0.625. The number of hydrogen-bond acceptors (Lipinski definition) is 2. The van der Waals surface area contributed by atoms with Crippen molar-refractivity contribution in [2.45, 2.75) is 44.7 Å². The second-order valence-corrected chi connectivity index (χ2v) is 5.42. The molecule has 1 N–H and O–H groups in total. The van der Waals surface area contributed by atoms with Gasteiger partial charge < -0.3 is 5.32 Å². The average Bonchev–Trinajstić information content (AvgIpc) is 2.62. The highest BCUT2D eigenvalue weighted by Gasteiger charge is 2.25. The van der Waals surface area contributed by atoms with Crippen molar-refractivity contribution >= 4 is 0 Å². The smallest absolute Gasteiger partial charge is 0.0475 e. The van der Waals surface area contributed by atoms with E-state index in [2.05, 4.69) is 54.5 Å². The molecule has 2 nitrogen and oxygen atoms in total. The van der Waals surface area contributed by atoms with E-state index in [1.807, 2.05) is 0 Å². The van der Waals surface area contributed by atoms with Gasteiger partial charge in [-0.3, -0.25) is 4.90 Å². The minimum Gasteiger partial charge on any atom is -0.318 e. The Balaban J connectivity index is 2.17. The number of hydrogen-bond donors (Lipinski definition) is 1. The van der Waals surface area contributed by atoms with E-state index in [1.165, 1.54) is 37.8 Å². The monoisotopic (exact) mass is 246 g/mol. The summed E-state index contributed by atoms with van der Waals surface area (Å²) in [5, 5.41) is 3.36. The van der Waals surface area contributed by atoms with E-state index in [0.717, 1.165) is 6.54 Å². The van der Waals surface area contributed by atoms with Gasteiger partial charge in [0.1, 0.15) is 0 Å². The lowest BCUT2D eigenvalue weighted by Crippen LogP contribution is -2.40. The molecule has 2 heteroatoms. The fourth-order valence-electron chi connectivity index (χ4n) is 3.06. The highest BCUT2D eigenvalue weighted by molar-refractivity contribution is 5.19. The van der Waals surface area contributed by atoms with E-state index in [-0.39, 0.29) is 0 Å². The summed E-state index contributed by atoms with van der Waals surface area (Å²) in [4.78, 5) is 2.69. The summed E-state index contributed by atoms with van der Waals surface area (Å²) in [6, 6.07) is 12.2. The molecule has 1 saturated heterocycles. The molecule has 0 aromatic heterocycles. The van der Waals surface area contributed by atoms with Crippen molar-refractivity contribution in [1.82, 2.24) is 10.2 Å². The minimum absolute atomic E-state index is 0.518. The van der Waals surface area contributed by atoms with Crippen LogP contribution in [-0.4, -0.2) is 31.1 Å². The summed E-state index contributed by atoms with van der Waals surface area (Å²) in [7, 11) is 2.05. The zero-order valence-electron chi connectivity index (χ0n) is 11.7. The first kappa shape index (κ1) is 13.6. The lowest BCUT2D eigenvalue weighted by molar-refractivity contribution is 0.145. The first-order valence-corrected chi connectivity index (χ1v) is 7.28. The van der Waals surface area contributed by atoms with Crippen LogP contribution >= 0.6 is 0 Å². The average molecular weight is 246 g/mol. The molecule has 1 aliphatic heterocycles. The van der Waals surface area contributed by atoms with Crippen molar-refractivity contribution in [2.75, 3.05) is 20.1 Å². The zero-order valence-corrected chi connectivity index (χ0v) is 11.7. The Morgan fingerprint density at radius 3 is 2.72 bits per heavy atom. The van der Waals surface area contributed by atoms with Crippen LogP contribution in [0.1, 0.15) is 44.2 Å². The van der Waals surface area contributed by atoms with Crippen molar-refractivity contribution in [3.05, 3.63) is 35.9 Å². The van der Waals surface area contributed by atoms with E-state index in [0.29, 0.717) is 12.1 Å². The molecule has 0 bridgehead atoms. The number of nitrogens with one attached hydrogen (secondary N) is 1. The molecule has 0 saturated carbocycles. The van der Waals surface area contributed by atoms with Gasteiger partial charge in [0.05, 0.1) is 0 Å². The number of rotatable bonds is 4. The lowest BCUT2D eigenvalue weighted by atomic mass is 10.0. The van der Waals surface area contributed by atoms with Crippen LogP contribution in [0.2, 0.25) is 0 Å². The van der Waals surface area contributed by atoms with Crippen LogP contribution in [-0.2, 0) is 0 Å². The molecule has 1 fully saturated rings. The maximum atomic E-state index is 3.36. The summed E-state index contributed by atoms with van der Waals surface area (Å²) in [5.41, 5.74) is 1.45. The minimum atomic E-state index is 0.518. The topological polar surface area (TPSA) is 15.3 Å². The van der Waals surface area contributed by atoms with Gasteiger partial charge in [0.15, 0.2) is 0 Å². The molecule has 1 aliphatic rings. The molecule has 100 valence electrons. The first-order chi connectivity index (χ1) is 8.83. The molecular weight excluding hydrogens is 220 g/mol. The quantitative estimate of drug-likeness (QED) is 0.877. The largest absolute Gasteiger partial charge is 0.318 e. The molecule has 1 heterocycles. The van der Waals surface area contributed by atoms with Gasteiger partial charge in [-0.15, -0.1) is 0 Å². The second-order valence-electron chi connectivity index (χ2n) is 5.42. The molecule has 0 radical (unpaired) electrons. The molecule has 2 rings (SSSR count). The van der Waals surface area contributed by atoms with Crippen LogP contribution in [0.3, 0.4) is 0 Å². The molecule has 0 amide bonds. The predicted octanol–water partition coefficient (Wildman–Crippen LogP) is 3.21. The van der Waals surface area contributed by atoms with Crippen LogP contribution < -0.4 is 5.32 Å².